The van der Waals surface area contributed by atoms with Gasteiger partial charge in [0.1, 0.15) is 0 Å². The van der Waals surface area contributed by atoms with Crippen LogP contribution in [0.25, 0.3) is 0 Å². The molecule has 0 bridgehead atoms. The van der Waals surface area contributed by atoms with Crippen LogP contribution in [0.1, 0.15) is 26.7 Å². The highest BCUT2D eigenvalue weighted by atomic mass is 127. The molecule has 1 heteroatoms. The maximum Gasteiger partial charge on any atom is 0.0150 e. The smallest absolute Gasteiger partial charge is 0.0150 e. The van der Waals surface area contributed by atoms with E-state index in [4.69, 9.17) is 0 Å². The SMILES string of the molecule is CC1=CCC(I)CC1C. The van der Waals surface area contributed by atoms with Gasteiger partial charge in [-0.3, -0.25) is 0 Å². The van der Waals surface area contributed by atoms with Crippen molar-refractivity contribution < 1.29 is 0 Å². The monoisotopic (exact) mass is 236 g/mol. The van der Waals surface area contributed by atoms with Crippen LogP contribution in [0, 0.1) is 5.92 Å². The molecule has 1 aliphatic carbocycles. The van der Waals surface area contributed by atoms with Gasteiger partial charge in [0.05, 0.1) is 0 Å². The van der Waals surface area contributed by atoms with E-state index in [2.05, 4.69) is 42.5 Å². The Hall–Kier alpha value is 0.470. The molecular weight excluding hydrogens is 223 g/mol. The number of rotatable bonds is 0. The normalized spacial score (nSPS) is 36.1. The first-order valence-corrected chi connectivity index (χ1v) is 4.75. The van der Waals surface area contributed by atoms with Gasteiger partial charge < -0.3 is 0 Å². The van der Waals surface area contributed by atoms with E-state index >= 15 is 0 Å². The van der Waals surface area contributed by atoms with E-state index < -0.39 is 0 Å². The van der Waals surface area contributed by atoms with E-state index in [0.717, 1.165) is 9.84 Å². The zero-order valence-corrected chi connectivity index (χ0v) is 8.18. The topological polar surface area (TPSA) is 0 Å². The van der Waals surface area contributed by atoms with Crippen molar-refractivity contribution in [1.29, 1.82) is 0 Å². The van der Waals surface area contributed by atoms with Crippen molar-refractivity contribution in [2.45, 2.75) is 30.6 Å². The van der Waals surface area contributed by atoms with E-state index in [1.54, 1.807) is 5.57 Å². The van der Waals surface area contributed by atoms with Gasteiger partial charge in [0.25, 0.3) is 0 Å². The maximum atomic E-state index is 2.54. The molecule has 0 saturated carbocycles. The lowest BCUT2D eigenvalue weighted by Gasteiger charge is -2.21. The number of alkyl halides is 1. The first-order valence-electron chi connectivity index (χ1n) is 3.51. The van der Waals surface area contributed by atoms with E-state index in [1.807, 2.05) is 0 Å². The molecule has 0 aromatic carbocycles. The van der Waals surface area contributed by atoms with Crippen LogP contribution in [0.5, 0.6) is 0 Å². The lowest BCUT2D eigenvalue weighted by atomic mass is 9.90. The van der Waals surface area contributed by atoms with Crippen LogP contribution in [0.2, 0.25) is 0 Å². The highest BCUT2D eigenvalue weighted by Gasteiger charge is 2.14. The number of halogens is 1. The zero-order chi connectivity index (χ0) is 6.85. The highest BCUT2D eigenvalue weighted by Crippen LogP contribution is 2.28. The van der Waals surface area contributed by atoms with Crippen molar-refractivity contribution in [2.24, 2.45) is 5.92 Å². The van der Waals surface area contributed by atoms with Crippen LogP contribution in [0.3, 0.4) is 0 Å². The molecule has 0 fully saturated rings. The molecule has 0 aromatic heterocycles. The van der Waals surface area contributed by atoms with E-state index in [-0.39, 0.29) is 0 Å². The second kappa shape index (κ2) is 3.04. The summed E-state index contributed by atoms with van der Waals surface area (Å²) in [7, 11) is 0. The van der Waals surface area contributed by atoms with Gasteiger partial charge in [0.2, 0.25) is 0 Å². The molecule has 52 valence electrons. The highest BCUT2D eigenvalue weighted by molar-refractivity contribution is 14.1. The zero-order valence-electron chi connectivity index (χ0n) is 6.02. The summed E-state index contributed by atoms with van der Waals surface area (Å²) in [6.45, 7) is 4.56. The molecule has 1 aliphatic rings. The molecule has 2 atom stereocenters. The molecule has 0 amide bonds. The standard InChI is InChI=1S/C8H13I/c1-6-3-4-8(9)5-7(6)2/h3,7-8H,4-5H2,1-2H3. The Kier molecular flexibility index (Phi) is 2.56. The van der Waals surface area contributed by atoms with E-state index in [9.17, 15) is 0 Å². The molecule has 0 heterocycles. The summed E-state index contributed by atoms with van der Waals surface area (Å²) in [6.07, 6.45) is 5.05. The van der Waals surface area contributed by atoms with Gasteiger partial charge in [-0.2, -0.15) is 0 Å². The molecule has 1 rings (SSSR count). The van der Waals surface area contributed by atoms with Crippen LogP contribution in [0.4, 0.5) is 0 Å². The molecule has 0 aliphatic heterocycles. The lowest BCUT2D eigenvalue weighted by Crippen LogP contribution is -2.10. The average Bonchev–Trinajstić information content (AvgIpc) is 1.80. The summed E-state index contributed by atoms with van der Waals surface area (Å²) in [6, 6.07) is 0. The minimum absolute atomic E-state index is 0.834. The summed E-state index contributed by atoms with van der Waals surface area (Å²) < 4.78 is 0.890. The second-order valence-corrected chi connectivity index (χ2v) is 4.68. The van der Waals surface area contributed by atoms with Gasteiger partial charge in [0, 0.05) is 3.92 Å². The summed E-state index contributed by atoms with van der Waals surface area (Å²) in [5, 5.41) is 0. The third-order valence-electron chi connectivity index (χ3n) is 2.08. The minimum Gasteiger partial charge on any atom is -0.0843 e. The molecule has 0 radical (unpaired) electrons. The molecular formula is C8H13I. The fourth-order valence-corrected chi connectivity index (χ4v) is 2.20. The van der Waals surface area contributed by atoms with Crippen LogP contribution < -0.4 is 0 Å². The summed E-state index contributed by atoms with van der Waals surface area (Å²) in [5.74, 6) is 0.834. The minimum atomic E-state index is 0.834. The largest absolute Gasteiger partial charge is 0.0843 e. The predicted octanol–water partition coefficient (Wildman–Crippen LogP) is 3.17. The van der Waals surface area contributed by atoms with Gasteiger partial charge in [0.15, 0.2) is 0 Å². The molecule has 0 aromatic rings. The number of allylic oxidation sites excluding steroid dienone is 2. The fourth-order valence-electron chi connectivity index (χ4n) is 1.18. The van der Waals surface area contributed by atoms with Gasteiger partial charge >= 0.3 is 0 Å². The molecule has 9 heavy (non-hydrogen) atoms. The van der Waals surface area contributed by atoms with E-state index in [1.165, 1.54) is 12.8 Å². The number of hydrogen-bond acceptors (Lipinski definition) is 0. The Morgan fingerprint density at radius 1 is 1.67 bits per heavy atom. The Morgan fingerprint density at radius 2 is 2.33 bits per heavy atom. The first-order chi connectivity index (χ1) is 4.20. The molecule has 0 N–H and O–H groups in total. The van der Waals surface area contributed by atoms with Gasteiger partial charge in [-0.05, 0) is 25.7 Å². The molecule has 0 nitrogen and oxygen atoms in total. The van der Waals surface area contributed by atoms with E-state index in [0.29, 0.717) is 0 Å². The summed E-state index contributed by atoms with van der Waals surface area (Å²) in [5.41, 5.74) is 1.59. The molecule has 0 spiro atoms. The van der Waals surface area contributed by atoms with Crippen LogP contribution >= 0.6 is 22.6 Å². The summed E-state index contributed by atoms with van der Waals surface area (Å²) >= 11 is 2.54. The Morgan fingerprint density at radius 3 is 2.78 bits per heavy atom. The average molecular weight is 236 g/mol. The van der Waals surface area contributed by atoms with Crippen molar-refractivity contribution in [3.05, 3.63) is 11.6 Å². The van der Waals surface area contributed by atoms with Gasteiger partial charge in [-0.25, -0.2) is 0 Å². The third kappa shape index (κ3) is 1.95. The third-order valence-corrected chi connectivity index (χ3v) is 3.10. The Bertz CT molecular complexity index is 127. The lowest BCUT2D eigenvalue weighted by molar-refractivity contribution is 0.574. The summed E-state index contributed by atoms with van der Waals surface area (Å²) in [4.78, 5) is 0. The second-order valence-electron chi connectivity index (χ2n) is 2.92. The van der Waals surface area contributed by atoms with Crippen molar-refractivity contribution >= 4 is 22.6 Å². The number of hydrogen-bond donors (Lipinski definition) is 0. The Balaban J connectivity index is 2.56. The fraction of sp³-hybridized carbons (Fsp3) is 0.750. The van der Waals surface area contributed by atoms with Crippen LogP contribution in [-0.2, 0) is 0 Å². The predicted molar refractivity (Wildman–Crippen MR) is 50.0 cm³/mol. The van der Waals surface area contributed by atoms with Crippen LogP contribution in [0.15, 0.2) is 11.6 Å². The van der Waals surface area contributed by atoms with Crippen molar-refractivity contribution in [3.63, 3.8) is 0 Å². The van der Waals surface area contributed by atoms with Crippen molar-refractivity contribution in [2.75, 3.05) is 0 Å². The van der Waals surface area contributed by atoms with Crippen LogP contribution in [-0.4, -0.2) is 3.92 Å². The maximum absolute atomic E-state index is 2.54. The molecule has 2 unspecified atom stereocenters. The van der Waals surface area contributed by atoms with Crippen molar-refractivity contribution in [1.82, 2.24) is 0 Å². The van der Waals surface area contributed by atoms with Gasteiger partial charge in [-0.1, -0.05) is 41.2 Å². The first kappa shape index (κ1) is 7.58. The molecule has 0 saturated heterocycles. The van der Waals surface area contributed by atoms with Crippen molar-refractivity contribution in [3.8, 4) is 0 Å². The van der Waals surface area contributed by atoms with Gasteiger partial charge in [-0.15, -0.1) is 0 Å². The quantitative estimate of drug-likeness (QED) is 0.344. The Labute approximate surface area is 70.9 Å².